The Morgan fingerprint density at radius 3 is 2.88 bits per heavy atom. The van der Waals surface area contributed by atoms with Crippen molar-refractivity contribution in [2.75, 3.05) is 25.1 Å². The van der Waals surface area contributed by atoms with Crippen LogP contribution in [0.4, 0.5) is 5.69 Å². The summed E-state index contributed by atoms with van der Waals surface area (Å²) in [5.74, 6) is 1.80. The van der Waals surface area contributed by atoms with Crippen LogP contribution in [0.25, 0.3) is 0 Å². The van der Waals surface area contributed by atoms with Gasteiger partial charge in [0.1, 0.15) is 18.1 Å². The smallest absolute Gasteiger partial charge is 0.142 e. The van der Waals surface area contributed by atoms with E-state index >= 15 is 0 Å². The standard InChI is InChI=1S/C22H29NO3/c1-2-3-13-24-19-9-6-8-18(15-19)16-23-21-11-4-5-12-22(21)26-17-20-10-7-14-25-20/h4-6,8-9,11-12,15,20,23H,2-3,7,10,13-14,16-17H2,1H3. The highest BCUT2D eigenvalue weighted by atomic mass is 16.5. The maximum absolute atomic E-state index is 5.99. The zero-order valence-electron chi connectivity index (χ0n) is 15.6. The van der Waals surface area contributed by atoms with Crippen molar-refractivity contribution in [3.63, 3.8) is 0 Å². The minimum Gasteiger partial charge on any atom is -0.494 e. The highest BCUT2D eigenvalue weighted by Crippen LogP contribution is 2.26. The predicted molar refractivity (Wildman–Crippen MR) is 105 cm³/mol. The number of benzene rings is 2. The lowest BCUT2D eigenvalue weighted by molar-refractivity contribution is 0.0682. The van der Waals surface area contributed by atoms with Gasteiger partial charge in [0, 0.05) is 13.2 Å². The lowest BCUT2D eigenvalue weighted by Gasteiger charge is -2.16. The van der Waals surface area contributed by atoms with Crippen LogP contribution in [0.15, 0.2) is 48.5 Å². The molecule has 0 aromatic heterocycles. The second kappa shape index (κ2) is 10.1. The fraction of sp³-hybridized carbons (Fsp3) is 0.455. The molecule has 1 heterocycles. The summed E-state index contributed by atoms with van der Waals surface area (Å²) in [6, 6.07) is 16.3. The van der Waals surface area contributed by atoms with Gasteiger partial charge in [0.2, 0.25) is 0 Å². The number of para-hydroxylation sites is 2. The molecule has 2 aromatic carbocycles. The van der Waals surface area contributed by atoms with Crippen LogP contribution in [-0.4, -0.2) is 25.9 Å². The Hall–Kier alpha value is -2.20. The van der Waals surface area contributed by atoms with Crippen LogP contribution in [0.2, 0.25) is 0 Å². The third-order valence-corrected chi connectivity index (χ3v) is 4.48. The summed E-state index contributed by atoms with van der Waals surface area (Å²) < 4.78 is 17.4. The van der Waals surface area contributed by atoms with E-state index in [0.29, 0.717) is 6.61 Å². The Morgan fingerprint density at radius 2 is 2.04 bits per heavy atom. The molecule has 1 N–H and O–H groups in total. The minimum absolute atomic E-state index is 0.222. The molecule has 0 radical (unpaired) electrons. The van der Waals surface area contributed by atoms with Gasteiger partial charge < -0.3 is 19.5 Å². The van der Waals surface area contributed by atoms with E-state index < -0.39 is 0 Å². The molecule has 1 unspecified atom stereocenters. The first-order valence-electron chi connectivity index (χ1n) is 9.64. The maximum atomic E-state index is 5.99. The van der Waals surface area contributed by atoms with Gasteiger partial charge in [-0.25, -0.2) is 0 Å². The average molecular weight is 355 g/mol. The van der Waals surface area contributed by atoms with Crippen molar-refractivity contribution in [2.24, 2.45) is 0 Å². The van der Waals surface area contributed by atoms with Gasteiger partial charge in [-0.1, -0.05) is 37.6 Å². The van der Waals surface area contributed by atoms with Crippen molar-refractivity contribution in [2.45, 2.75) is 45.3 Å². The van der Waals surface area contributed by atoms with Crippen LogP contribution in [0.5, 0.6) is 11.5 Å². The number of anilines is 1. The van der Waals surface area contributed by atoms with Crippen molar-refractivity contribution < 1.29 is 14.2 Å². The molecule has 0 saturated carbocycles. The number of unbranched alkanes of at least 4 members (excludes halogenated alkanes) is 1. The van der Waals surface area contributed by atoms with Gasteiger partial charge >= 0.3 is 0 Å². The van der Waals surface area contributed by atoms with Gasteiger partial charge in [0.15, 0.2) is 0 Å². The first kappa shape index (κ1) is 18.6. The van der Waals surface area contributed by atoms with Gasteiger partial charge in [-0.05, 0) is 49.1 Å². The predicted octanol–water partition coefficient (Wildman–Crippen LogP) is 5.04. The second-order valence-electron chi connectivity index (χ2n) is 6.65. The number of nitrogens with one attached hydrogen (secondary N) is 1. The molecule has 1 aliphatic heterocycles. The van der Waals surface area contributed by atoms with Crippen molar-refractivity contribution in [3.05, 3.63) is 54.1 Å². The fourth-order valence-corrected chi connectivity index (χ4v) is 2.97. The molecule has 2 aromatic rings. The fourth-order valence-electron chi connectivity index (χ4n) is 2.97. The van der Waals surface area contributed by atoms with E-state index in [4.69, 9.17) is 14.2 Å². The number of ether oxygens (including phenoxy) is 3. The van der Waals surface area contributed by atoms with Crippen LogP contribution in [0, 0.1) is 0 Å². The zero-order chi connectivity index (χ0) is 18.0. The Bertz CT molecular complexity index is 668. The number of hydrogen-bond donors (Lipinski definition) is 1. The third kappa shape index (κ3) is 5.67. The SMILES string of the molecule is CCCCOc1cccc(CNc2ccccc2OCC2CCCO2)c1. The van der Waals surface area contributed by atoms with Crippen LogP contribution < -0.4 is 14.8 Å². The first-order chi connectivity index (χ1) is 12.8. The summed E-state index contributed by atoms with van der Waals surface area (Å²) >= 11 is 0. The molecule has 1 aliphatic rings. The third-order valence-electron chi connectivity index (χ3n) is 4.48. The summed E-state index contributed by atoms with van der Waals surface area (Å²) in [4.78, 5) is 0. The monoisotopic (exact) mass is 355 g/mol. The Balaban J connectivity index is 1.54. The molecule has 1 fully saturated rings. The zero-order valence-corrected chi connectivity index (χ0v) is 15.6. The summed E-state index contributed by atoms with van der Waals surface area (Å²) in [6.45, 7) is 5.13. The number of hydrogen-bond acceptors (Lipinski definition) is 4. The number of rotatable bonds is 10. The van der Waals surface area contributed by atoms with Gasteiger partial charge in [-0.15, -0.1) is 0 Å². The summed E-state index contributed by atoms with van der Waals surface area (Å²) in [7, 11) is 0. The molecule has 4 nitrogen and oxygen atoms in total. The Labute approximate surface area is 156 Å². The van der Waals surface area contributed by atoms with Gasteiger partial charge in [0.25, 0.3) is 0 Å². The highest BCUT2D eigenvalue weighted by Gasteiger charge is 2.16. The summed E-state index contributed by atoms with van der Waals surface area (Å²) in [5.41, 5.74) is 2.19. The Morgan fingerprint density at radius 1 is 1.12 bits per heavy atom. The van der Waals surface area contributed by atoms with Crippen LogP contribution in [0.3, 0.4) is 0 Å². The second-order valence-corrected chi connectivity index (χ2v) is 6.65. The van der Waals surface area contributed by atoms with Gasteiger partial charge in [-0.2, -0.15) is 0 Å². The van der Waals surface area contributed by atoms with E-state index in [2.05, 4.69) is 24.4 Å². The molecule has 1 saturated heterocycles. The average Bonchev–Trinajstić information content (AvgIpc) is 3.20. The van der Waals surface area contributed by atoms with Crippen molar-refractivity contribution in [1.82, 2.24) is 0 Å². The summed E-state index contributed by atoms with van der Waals surface area (Å²) in [6.07, 6.45) is 4.66. The van der Waals surface area contributed by atoms with E-state index in [-0.39, 0.29) is 6.10 Å². The van der Waals surface area contributed by atoms with E-state index in [0.717, 1.165) is 62.6 Å². The molecule has 4 heteroatoms. The van der Waals surface area contributed by atoms with E-state index in [9.17, 15) is 0 Å². The maximum Gasteiger partial charge on any atom is 0.142 e. The van der Waals surface area contributed by atoms with E-state index in [1.807, 2.05) is 36.4 Å². The lowest BCUT2D eigenvalue weighted by atomic mass is 10.2. The Kier molecular flexibility index (Phi) is 7.20. The molecule has 1 atom stereocenters. The van der Waals surface area contributed by atoms with Gasteiger partial charge in [0.05, 0.1) is 18.4 Å². The topological polar surface area (TPSA) is 39.7 Å². The van der Waals surface area contributed by atoms with Crippen molar-refractivity contribution in [3.8, 4) is 11.5 Å². The molecular weight excluding hydrogens is 326 g/mol. The summed E-state index contributed by atoms with van der Waals surface area (Å²) in [5, 5.41) is 3.48. The molecule has 26 heavy (non-hydrogen) atoms. The molecule has 0 aliphatic carbocycles. The van der Waals surface area contributed by atoms with Crippen LogP contribution >= 0.6 is 0 Å². The van der Waals surface area contributed by atoms with Crippen LogP contribution in [-0.2, 0) is 11.3 Å². The van der Waals surface area contributed by atoms with Crippen molar-refractivity contribution >= 4 is 5.69 Å². The normalized spacial score (nSPS) is 16.4. The quantitative estimate of drug-likeness (QED) is 0.606. The van der Waals surface area contributed by atoms with Crippen molar-refractivity contribution in [1.29, 1.82) is 0 Å². The molecule has 3 rings (SSSR count). The highest BCUT2D eigenvalue weighted by molar-refractivity contribution is 5.56. The van der Waals surface area contributed by atoms with E-state index in [1.54, 1.807) is 0 Å². The largest absolute Gasteiger partial charge is 0.494 e. The molecule has 0 bridgehead atoms. The first-order valence-corrected chi connectivity index (χ1v) is 9.64. The van der Waals surface area contributed by atoms with Crippen LogP contribution in [0.1, 0.15) is 38.2 Å². The molecule has 0 amide bonds. The minimum atomic E-state index is 0.222. The lowest BCUT2D eigenvalue weighted by Crippen LogP contribution is -2.16. The van der Waals surface area contributed by atoms with E-state index in [1.165, 1.54) is 5.56 Å². The van der Waals surface area contributed by atoms with Gasteiger partial charge in [-0.3, -0.25) is 0 Å². The molecule has 0 spiro atoms. The molecule has 140 valence electrons. The molecular formula is C22H29NO3.